The summed E-state index contributed by atoms with van der Waals surface area (Å²) in [6.07, 6.45) is -3.44. The van der Waals surface area contributed by atoms with E-state index >= 15 is 0 Å². The normalized spacial score (nSPS) is 11.3. The van der Waals surface area contributed by atoms with Crippen LogP contribution in [0, 0.1) is 0 Å². The fourth-order valence-electron chi connectivity index (χ4n) is 1.32. The van der Waals surface area contributed by atoms with Crippen LogP contribution in [0.2, 0.25) is 0 Å². The number of nitrogens with zero attached hydrogens (tertiary/aromatic N) is 2. The Balaban J connectivity index is 2.25. The minimum atomic E-state index is -4.49. The molecular weight excluding hydrogens is 245 g/mol. The molecular formula is C11H9F3N4. The van der Waals surface area contributed by atoms with Crippen molar-refractivity contribution in [3.8, 4) is 0 Å². The number of aromatic nitrogens is 2. The first-order chi connectivity index (χ1) is 8.45. The lowest BCUT2D eigenvalue weighted by Crippen LogP contribution is -2.10. The largest absolute Gasteiger partial charge is 0.433 e. The van der Waals surface area contributed by atoms with Crippen LogP contribution < -0.4 is 11.1 Å². The van der Waals surface area contributed by atoms with Gasteiger partial charge in [-0.05, 0) is 24.3 Å². The lowest BCUT2D eigenvalue weighted by molar-refractivity contribution is -0.141. The quantitative estimate of drug-likeness (QED) is 0.809. The van der Waals surface area contributed by atoms with E-state index in [2.05, 4.69) is 15.3 Å². The molecule has 7 heteroatoms. The molecule has 2 rings (SSSR count). The van der Waals surface area contributed by atoms with E-state index in [-0.39, 0.29) is 5.95 Å². The summed E-state index contributed by atoms with van der Waals surface area (Å²) in [4.78, 5) is 7.10. The summed E-state index contributed by atoms with van der Waals surface area (Å²) in [6, 6.07) is 7.37. The first-order valence-corrected chi connectivity index (χ1v) is 4.98. The molecule has 0 aliphatic heterocycles. The molecule has 18 heavy (non-hydrogen) atoms. The lowest BCUT2D eigenvalue weighted by Gasteiger charge is -2.08. The van der Waals surface area contributed by atoms with Gasteiger partial charge in [-0.3, -0.25) is 0 Å². The number of alkyl halides is 3. The Morgan fingerprint density at radius 3 is 2.61 bits per heavy atom. The number of rotatable bonds is 2. The molecule has 1 aromatic heterocycles. The maximum absolute atomic E-state index is 12.4. The van der Waals surface area contributed by atoms with E-state index < -0.39 is 11.9 Å². The van der Waals surface area contributed by atoms with Crippen LogP contribution in [-0.4, -0.2) is 9.97 Å². The van der Waals surface area contributed by atoms with Crippen LogP contribution >= 0.6 is 0 Å². The van der Waals surface area contributed by atoms with Crippen LogP contribution in [0.3, 0.4) is 0 Å². The van der Waals surface area contributed by atoms with E-state index in [9.17, 15) is 13.2 Å². The van der Waals surface area contributed by atoms with Gasteiger partial charge in [0.15, 0.2) is 0 Å². The minimum Gasteiger partial charge on any atom is -0.399 e. The van der Waals surface area contributed by atoms with Gasteiger partial charge in [0.25, 0.3) is 0 Å². The number of hydrogen-bond donors (Lipinski definition) is 2. The van der Waals surface area contributed by atoms with Crippen molar-refractivity contribution >= 4 is 17.3 Å². The van der Waals surface area contributed by atoms with E-state index in [0.29, 0.717) is 11.4 Å². The van der Waals surface area contributed by atoms with Gasteiger partial charge >= 0.3 is 6.18 Å². The molecule has 3 N–H and O–H groups in total. The topological polar surface area (TPSA) is 63.8 Å². The second-order valence-electron chi connectivity index (χ2n) is 3.51. The average Bonchev–Trinajstić information content (AvgIpc) is 2.28. The SMILES string of the molecule is Nc1cccc(Nc2nccc(C(F)(F)F)n2)c1. The van der Waals surface area contributed by atoms with Crippen molar-refractivity contribution in [2.75, 3.05) is 11.1 Å². The molecule has 0 amide bonds. The Labute approximate surface area is 101 Å². The second kappa shape index (κ2) is 4.52. The molecule has 94 valence electrons. The summed E-state index contributed by atoms with van der Waals surface area (Å²) >= 11 is 0. The van der Waals surface area contributed by atoms with Gasteiger partial charge in [-0.15, -0.1) is 0 Å². The zero-order valence-corrected chi connectivity index (χ0v) is 9.07. The Morgan fingerprint density at radius 1 is 1.17 bits per heavy atom. The summed E-state index contributed by atoms with van der Waals surface area (Å²) in [5.41, 5.74) is 5.57. The lowest BCUT2D eigenvalue weighted by atomic mass is 10.3. The van der Waals surface area contributed by atoms with Crippen molar-refractivity contribution in [3.05, 3.63) is 42.2 Å². The smallest absolute Gasteiger partial charge is 0.399 e. The van der Waals surface area contributed by atoms with Crippen LogP contribution in [0.4, 0.5) is 30.5 Å². The van der Waals surface area contributed by atoms with Gasteiger partial charge in [-0.1, -0.05) is 6.07 Å². The van der Waals surface area contributed by atoms with E-state index in [1.165, 1.54) is 0 Å². The molecule has 0 bridgehead atoms. The zero-order valence-electron chi connectivity index (χ0n) is 9.07. The first kappa shape index (κ1) is 12.2. The van der Waals surface area contributed by atoms with Crippen LogP contribution in [0.5, 0.6) is 0 Å². The molecule has 1 aromatic carbocycles. The highest BCUT2D eigenvalue weighted by Gasteiger charge is 2.32. The Morgan fingerprint density at radius 2 is 1.94 bits per heavy atom. The molecule has 0 spiro atoms. The van der Waals surface area contributed by atoms with Gasteiger partial charge in [0, 0.05) is 17.6 Å². The maximum Gasteiger partial charge on any atom is 0.433 e. The highest BCUT2D eigenvalue weighted by molar-refractivity contribution is 5.59. The standard InChI is InChI=1S/C11H9F3N4/c12-11(13,14)9-4-5-16-10(18-9)17-8-3-1-2-7(15)6-8/h1-6H,15H2,(H,16,17,18). The Hall–Kier alpha value is -2.31. The molecule has 0 radical (unpaired) electrons. The number of nitrogens with two attached hydrogens (primary N) is 1. The van der Waals surface area contributed by atoms with Gasteiger partial charge in [-0.2, -0.15) is 13.2 Å². The van der Waals surface area contributed by atoms with Crippen molar-refractivity contribution in [3.63, 3.8) is 0 Å². The van der Waals surface area contributed by atoms with Crippen LogP contribution in [0.15, 0.2) is 36.5 Å². The highest BCUT2D eigenvalue weighted by Crippen LogP contribution is 2.28. The van der Waals surface area contributed by atoms with Gasteiger partial charge < -0.3 is 11.1 Å². The van der Waals surface area contributed by atoms with Crippen LogP contribution in [0.1, 0.15) is 5.69 Å². The van der Waals surface area contributed by atoms with E-state index in [1.54, 1.807) is 24.3 Å². The molecule has 0 atom stereocenters. The summed E-state index contributed by atoms with van der Waals surface area (Å²) < 4.78 is 37.3. The molecule has 0 saturated heterocycles. The van der Waals surface area contributed by atoms with Crippen molar-refractivity contribution in [2.45, 2.75) is 6.18 Å². The van der Waals surface area contributed by atoms with Gasteiger partial charge in [0.05, 0.1) is 0 Å². The summed E-state index contributed by atoms with van der Waals surface area (Å²) in [5.74, 6) is -0.129. The fraction of sp³-hybridized carbons (Fsp3) is 0.0909. The number of halogens is 3. The third-order valence-corrected chi connectivity index (χ3v) is 2.09. The fourth-order valence-corrected chi connectivity index (χ4v) is 1.32. The van der Waals surface area contributed by atoms with Crippen LogP contribution in [-0.2, 0) is 6.18 Å². The third kappa shape index (κ3) is 2.88. The molecule has 0 fully saturated rings. The molecule has 1 heterocycles. The molecule has 0 unspecified atom stereocenters. The predicted molar refractivity (Wildman–Crippen MR) is 61.2 cm³/mol. The van der Waals surface area contributed by atoms with E-state index in [1.807, 2.05) is 0 Å². The molecule has 4 nitrogen and oxygen atoms in total. The van der Waals surface area contributed by atoms with Crippen molar-refractivity contribution in [1.29, 1.82) is 0 Å². The Bertz CT molecular complexity index is 554. The highest BCUT2D eigenvalue weighted by atomic mass is 19.4. The second-order valence-corrected chi connectivity index (χ2v) is 3.51. The maximum atomic E-state index is 12.4. The monoisotopic (exact) mass is 254 g/mol. The van der Waals surface area contributed by atoms with Gasteiger partial charge in [0.2, 0.25) is 5.95 Å². The Kier molecular flexibility index (Phi) is 3.05. The number of nitrogens with one attached hydrogen (secondary N) is 1. The van der Waals surface area contributed by atoms with Gasteiger partial charge in [0.1, 0.15) is 5.69 Å². The summed E-state index contributed by atoms with van der Waals surface area (Å²) in [7, 11) is 0. The third-order valence-electron chi connectivity index (χ3n) is 2.09. The van der Waals surface area contributed by atoms with E-state index in [4.69, 9.17) is 5.73 Å². The van der Waals surface area contributed by atoms with E-state index in [0.717, 1.165) is 12.3 Å². The average molecular weight is 254 g/mol. The number of hydrogen-bond acceptors (Lipinski definition) is 4. The number of nitrogen functional groups attached to an aromatic ring is 1. The number of benzene rings is 1. The minimum absolute atomic E-state index is 0.129. The van der Waals surface area contributed by atoms with Crippen molar-refractivity contribution < 1.29 is 13.2 Å². The first-order valence-electron chi connectivity index (χ1n) is 4.98. The predicted octanol–water partition coefficient (Wildman–Crippen LogP) is 2.82. The zero-order chi connectivity index (χ0) is 13.2. The molecule has 0 aliphatic carbocycles. The molecule has 2 aromatic rings. The van der Waals surface area contributed by atoms with Crippen molar-refractivity contribution in [2.24, 2.45) is 0 Å². The summed E-state index contributed by atoms with van der Waals surface area (Å²) in [5, 5.41) is 2.66. The summed E-state index contributed by atoms with van der Waals surface area (Å²) in [6.45, 7) is 0. The molecule has 0 saturated carbocycles. The molecule has 0 aliphatic rings. The van der Waals surface area contributed by atoms with Crippen molar-refractivity contribution in [1.82, 2.24) is 9.97 Å². The number of anilines is 3. The van der Waals surface area contributed by atoms with Gasteiger partial charge in [-0.25, -0.2) is 9.97 Å². The van der Waals surface area contributed by atoms with Crippen LogP contribution in [0.25, 0.3) is 0 Å².